The smallest absolute Gasteiger partial charge is 0.328 e. The second-order valence-electron chi connectivity index (χ2n) is 4.80. The Morgan fingerprint density at radius 2 is 2.15 bits per heavy atom. The Morgan fingerprint density at radius 1 is 1.50 bits per heavy atom. The molecular formula is C13H14ClNO4S. The molecule has 2 N–H and O–H groups in total. The minimum Gasteiger partial charge on any atom is -0.478 e. The Balaban J connectivity index is 2.23. The van der Waals surface area contributed by atoms with Gasteiger partial charge < -0.3 is 5.11 Å². The van der Waals surface area contributed by atoms with Gasteiger partial charge in [-0.3, -0.25) is 0 Å². The summed E-state index contributed by atoms with van der Waals surface area (Å²) >= 11 is 5.97. The van der Waals surface area contributed by atoms with Gasteiger partial charge in [-0.15, -0.1) is 0 Å². The Labute approximate surface area is 122 Å². The molecule has 0 radical (unpaired) electrons. The molecule has 1 fully saturated rings. The zero-order valence-corrected chi connectivity index (χ0v) is 12.3. The number of aliphatic carboxylic acids is 1. The van der Waals surface area contributed by atoms with Gasteiger partial charge in [0.2, 0.25) is 10.0 Å². The first-order valence-corrected chi connectivity index (χ1v) is 7.88. The van der Waals surface area contributed by atoms with Crippen LogP contribution in [-0.2, 0) is 14.8 Å². The molecule has 0 aliphatic heterocycles. The van der Waals surface area contributed by atoms with Gasteiger partial charge in [-0.05, 0) is 36.1 Å². The van der Waals surface area contributed by atoms with Gasteiger partial charge in [-0.25, -0.2) is 17.9 Å². The van der Waals surface area contributed by atoms with E-state index in [1.54, 1.807) is 0 Å². The summed E-state index contributed by atoms with van der Waals surface area (Å²) in [6.45, 7) is 1.97. The molecule has 0 bridgehead atoms. The van der Waals surface area contributed by atoms with Crippen LogP contribution >= 0.6 is 11.6 Å². The molecule has 0 heterocycles. The highest BCUT2D eigenvalue weighted by molar-refractivity contribution is 7.89. The third kappa shape index (κ3) is 3.59. The Kier molecular flexibility index (Phi) is 4.17. The molecule has 2 unspecified atom stereocenters. The second kappa shape index (κ2) is 5.55. The molecule has 20 heavy (non-hydrogen) atoms. The van der Waals surface area contributed by atoms with E-state index in [4.69, 9.17) is 16.7 Å². The average molecular weight is 316 g/mol. The first-order chi connectivity index (χ1) is 9.29. The highest BCUT2D eigenvalue weighted by Crippen LogP contribution is 2.32. The van der Waals surface area contributed by atoms with Crippen LogP contribution in [0.4, 0.5) is 0 Å². The van der Waals surface area contributed by atoms with Gasteiger partial charge in [0.25, 0.3) is 0 Å². The summed E-state index contributed by atoms with van der Waals surface area (Å²) < 4.78 is 26.8. The molecule has 1 aromatic rings. The maximum atomic E-state index is 12.1. The molecule has 0 amide bonds. The van der Waals surface area contributed by atoms with Gasteiger partial charge in [0.05, 0.1) is 5.02 Å². The van der Waals surface area contributed by atoms with Crippen LogP contribution in [0.2, 0.25) is 5.02 Å². The van der Waals surface area contributed by atoms with E-state index >= 15 is 0 Å². The molecule has 0 aromatic heterocycles. The number of carboxylic acids is 1. The van der Waals surface area contributed by atoms with Crippen LogP contribution in [-0.4, -0.2) is 25.5 Å². The Bertz CT molecular complexity index is 669. The van der Waals surface area contributed by atoms with Crippen molar-refractivity contribution in [2.45, 2.75) is 24.3 Å². The van der Waals surface area contributed by atoms with E-state index in [9.17, 15) is 13.2 Å². The zero-order chi connectivity index (χ0) is 14.9. The molecule has 5 nitrogen and oxygen atoms in total. The van der Waals surface area contributed by atoms with Crippen molar-refractivity contribution in [1.82, 2.24) is 4.72 Å². The van der Waals surface area contributed by atoms with Crippen LogP contribution in [0.25, 0.3) is 6.08 Å². The molecule has 0 spiro atoms. The van der Waals surface area contributed by atoms with Gasteiger partial charge >= 0.3 is 5.97 Å². The van der Waals surface area contributed by atoms with Gasteiger partial charge in [0, 0.05) is 12.1 Å². The van der Waals surface area contributed by atoms with E-state index in [2.05, 4.69) is 4.72 Å². The molecule has 108 valence electrons. The molecule has 1 saturated carbocycles. The SMILES string of the molecule is CC1CC1NS(=O)(=O)c1ccc(C=CC(=O)O)cc1Cl. The lowest BCUT2D eigenvalue weighted by atomic mass is 10.2. The summed E-state index contributed by atoms with van der Waals surface area (Å²) in [6, 6.07) is 4.28. The van der Waals surface area contributed by atoms with E-state index < -0.39 is 16.0 Å². The number of carbonyl (C=O) groups is 1. The van der Waals surface area contributed by atoms with Gasteiger partial charge in [-0.2, -0.15) is 0 Å². The standard InChI is InChI=1S/C13H14ClNO4S/c1-8-6-11(8)15-20(18,19)12-4-2-9(7-10(12)14)3-5-13(16)17/h2-5,7-8,11,15H,6H2,1H3,(H,16,17). The summed E-state index contributed by atoms with van der Waals surface area (Å²) in [7, 11) is -3.63. The third-order valence-electron chi connectivity index (χ3n) is 3.08. The van der Waals surface area contributed by atoms with Crippen molar-refractivity contribution < 1.29 is 18.3 Å². The number of rotatable bonds is 5. The number of hydrogen-bond donors (Lipinski definition) is 2. The van der Waals surface area contributed by atoms with Crippen molar-refractivity contribution in [2.75, 3.05) is 0 Å². The van der Waals surface area contributed by atoms with Crippen molar-refractivity contribution in [1.29, 1.82) is 0 Å². The predicted octanol–water partition coefficient (Wildman–Crippen LogP) is 2.12. The second-order valence-corrected chi connectivity index (χ2v) is 6.89. The highest BCUT2D eigenvalue weighted by Gasteiger charge is 2.36. The quantitative estimate of drug-likeness (QED) is 0.815. The third-order valence-corrected chi connectivity index (χ3v) is 5.05. The number of nitrogens with one attached hydrogen (secondary N) is 1. The number of hydrogen-bond acceptors (Lipinski definition) is 3. The Morgan fingerprint density at radius 3 is 2.65 bits per heavy atom. The van der Waals surface area contributed by atoms with E-state index in [1.807, 2.05) is 6.92 Å². The number of halogens is 1. The highest BCUT2D eigenvalue weighted by atomic mass is 35.5. The summed E-state index contributed by atoms with van der Waals surface area (Å²) in [5.41, 5.74) is 0.524. The minimum absolute atomic E-state index is 0.00532. The van der Waals surface area contributed by atoms with Gasteiger partial charge in [0.1, 0.15) is 4.90 Å². The van der Waals surface area contributed by atoms with Crippen LogP contribution in [0.5, 0.6) is 0 Å². The fourth-order valence-electron chi connectivity index (χ4n) is 1.76. The van der Waals surface area contributed by atoms with Crippen LogP contribution in [0.1, 0.15) is 18.9 Å². The maximum Gasteiger partial charge on any atom is 0.328 e. The van der Waals surface area contributed by atoms with Crippen molar-refractivity contribution in [3.05, 3.63) is 34.9 Å². The van der Waals surface area contributed by atoms with Crippen LogP contribution < -0.4 is 4.72 Å². The molecule has 0 saturated heterocycles. The normalized spacial score (nSPS) is 22.1. The van der Waals surface area contributed by atoms with Crippen molar-refractivity contribution in [2.24, 2.45) is 5.92 Å². The summed E-state index contributed by atoms with van der Waals surface area (Å²) in [6.07, 6.45) is 3.14. The fourth-order valence-corrected chi connectivity index (χ4v) is 3.67. The van der Waals surface area contributed by atoms with Gasteiger partial charge in [-0.1, -0.05) is 24.6 Å². The summed E-state index contributed by atoms with van der Waals surface area (Å²) in [4.78, 5) is 10.4. The first-order valence-electron chi connectivity index (χ1n) is 6.02. The van der Waals surface area contributed by atoms with E-state index in [0.717, 1.165) is 12.5 Å². The summed E-state index contributed by atoms with van der Waals surface area (Å²) in [5.74, 6) is -0.733. The molecule has 1 aliphatic carbocycles. The lowest BCUT2D eigenvalue weighted by Crippen LogP contribution is -2.27. The monoisotopic (exact) mass is 315 g/mol. The van der Waals surface area contributed by atoms with Crippen molar-refractivity contribution in [3.63, 3.8) is 0 Å². The number of sulfonamides is 1. The van der Waals surface area contributed by atoms with E-state index in [0.29, 0.717) is 11.5 Å². The number of carboxylic acid groups (broad SMARTS) is 1. The largest absolute Gasteiger partial charge is 0.478 e. The van der Waals surface area contributed by atoms with Gasteiger partial charge in [0.15, 0.2) is 0 Å². The predicted molar refractivity (Wildman–Crippen MR) is 76.0 cm³/mol. The lowest BCUT2D eigenvalue weighted by Gasteiger charge is -2.08. The molecular weight excluding hydrogens is 302 g/mol. The van der Waals surface area contributed by atoms with Crippen LogP contribution in [0.3, 0.4) is 0 Å². The first kappa shape index (κ1) is 15.0. The molecule has 1 aromatic carbocycles. The minimum atomic E-state index is -3.63. The molecule has 2 rings (SSSR count). The van der Waals surface area contributed by atoms with Crippen LogP contribution in [0, 0.1) is 5.92 Å². The van der Waals surface area contributed by atoms with Crippen LogP contribution in [0.15, 0.2) is 29.2 Å². The lowest BCUT2D eigenvalue weighted by molar-refractivity contribution is -0.131. The topological polar surface area (TPSA) is 83.5 Å². The van der Waals surface area contributed by atoms with E-state index in [-0.39, 0.29) is 16.0 Å². The molecule has 7 heteroatoms. The number of benzene rings is 1. The maximum absolute atomic E-state index is 12.1. The summed E-state index contributed by atoms with van der Waals surface area (Å²) in [5, 5.41) is 8.60. The van der Waals surface area contributed by atoms with Crippen molar-refractivity contribution >= 4 is 33.7 Å². The average Bonchev–Trinajstić information content (AvgIpc) is 3.00. The zero-order valence-electron chi connectivity index (χ0n) is 10.7. The van der Waals surface area contributed by atoms with E-state index in [1.165, 1.54) is 24.3 Å². The van der Waals surface area contributed by atoms with Crippen molar-refractivity contribution in [3.8, 4) is 0 Å². The molecule has 2 atom stereocenters. The molecule has 1 aliphatic rings. The Hall–Kier alpha value is -1.37. The fraction of sp³-hybridized carbons (Fsp3) is 0.308.